The van der Waals surface area contributed by atoms with Gasteiger partial charge in [-0.15, -0.1) is 21.5 Å². The molecule has 0 aliphatic heterocycles. The molecule has 10 heteroatoms. The minimum absolute atomic E-state index is 0.0936. The van der Waals surface area contributed by atoms with Gasteiger partial charge in [0.2, 0.25) is 16.8 Å². The first-order valence-electron chi connectivity index (χ1n) is 11.0. The molecule has 1 N–H and O–H groups in total. The zero-order valence-electron chi connectivity index (χ0n) is 19.8. The van der Waals surface area contributed by atoms with E-state index in [9.17, 15) is 4.79 Å². The molecule has 2 aromatic carbocycles. The summed E-state index contributed by atoms with van der Waals surface area (Å²) in [6.07, 6.45) is 0. The summed E-state index contributed by atoms with van der Waals surface area (Å²) in [6, 6.07) is 16.6. The van der Waals surface area contributed by atoms with Gasteiger partial charge in [0.25, 0.3) is 0 Å². The second kappa shape index (κ2) is 9.52. The number of hydrogen-bond donors (Lipinski definition) is 1. The van der Waals surface area contributed by atoms with E-state index in [2.05, 4.69) is 94.3 Å². The molecular weight excluding hydrogens is 497 g/mol. The summed E-state index contributed by atoms with van der Waals surface area (Å²) in [7, 11) is 0. The van der Waals surface area contributed by atoms with Gasteiger partial charge in [0, 0.05) is 10.9 Å². The Bertz CT molecular complexity index is 1480. The fourth-order valence-electron chi connectivity index (χ4n) is 3.51. The highest BCUT2D eigenvalue weighted by atomic mass is 32.2. The van der Waals surface area contributed by atoms with E-state index >= 15 is 0 Å². The van der Waals surface area contributed by atoms with Crippen LogP contribution in [0.5, 0.6) is 0 Å². The van der Waals surface area contributed by atoms with Crippen LogP contribution in [0.15, 0.2) is 59.1 Å². The van der Waals surface area contributed by atoms with Gasteiger partial charge in [0.1, 0.15) is 5.01 Å². The largest absolute Gasteiger partial charge is 0.293 e. The normalized spacial score (nSPS) is 11.8. The minimum atomic E-state index is -0.189. The Morgan fingerprint density at radius 2 is 1.74 bits per heavy atom. The Balaban J connectivity index is 1.25. The number of fused-ring (bicyclic) bond motifs is 1. The minimum Gasteiger partial charge on any atom is -0.293 e. The number of anilines is 1. The van der Waals surface area contributed by atoms with Crippen LogP contribution in [0.3, 0.4) is 0 Å². The zero-order chi connectivity index (χ0) is 24.6. The maximum Gasteiger partial charge on any atom is 0.241 e. The molecule has 0 saturated heterocycles. The van der Waals surface area contributed by atoms with Gasteiger partial charge in [-0.2, -0.15) is 9.36 Å². The second-order valence-electron chi connectivity index (χ2n) is 9.17. The van der Waals surface area contributed by atoms with Crippen LogP contribution in [0, 0.1) is 6.92 Å². The van der Waals surface area contributed by atoms with E-state index in [4.69, 9.17) is 0 Å². The molecule has 0 radical (unpaired) electrons. The Morgan fingerprint density at radius 3 is 2.46 bits per heavy atom. The summed E-state index contributed by atoms with van der Waals surface area (Å²) in [6.45, 7) is 8.62. The second-order valence-corrected chi connectivity index (χ2v) is 11.7. The summed E-state index contributed by atoms with van der Waals surface area (Å²) in [4.78, 5) is 17.9. The first kappa shape index (κ1) is 23.7. The van der Waals surface area contributed by atoms with Crippen molar-refractivity contribution in [3.8, 4) is 21.8 Å². The van der Waals surface area contributed by atoms with Gasteiger partial charge in [0.05, 0.1) is 11.4 Å². The summed E-state index contributed by atoms with van der Waals surface area (Å²) in [5.74, 6) is 0.308. The first-order chi connectivity index (χ1) is 16.8. The fourth-order valence-corrected chi connectivity index (χ4v) is 5.78. The Morgan fingerprint density at radius 1 is 1.03 bits per heavy atom. The van der Waals surface area contributed by atoms with Crippen molar-refractivity contribution in [3.05, 3.63) is 65.0 Å². The number of carbonyl (C=O) groups excluding carboxylic acids is 1. The third-order valence-electron chi connectivity index (χ3n) is 5.48. The van der Waals surface area contributed by atoms with Crippen molar-refractivity contribution in [2.75, 3.05) is 11.1 Å². The number of benzene rings is 2. The van der Waals surface area contributed by atoms with Crippen LogP contribution in [0.2, 0.25) is 0 Å². The molecule has 0 spiro atoms. The number of thioether (sulfide) groups is 1. The smallest absolute Gasteiger partial charge is 0.241 e. The van der Waals surface area contributed by atoms with Crippen LogP contribution >= 0.6 is 34.6 Å². The molecule has 5 rings (SSSR count). The van der Waals surface area contributed by atoms with Crippen molar-refractivity contribution in [3.63, 3.8) is 0 Å². The molecule has 0 aliphatic carbocycles. The van der Waals surface area contributed by atoms with Crippen LogP contribution < -0.4 is 5.32 Å². The van der Waals surface area contributed by atoms with E-state index in [0.717, 1.165) is 26.8 Å². The quantitative estimate of drug-likeness (QED) is 0.264. The van der Waals surface area contributed by atoms with Crippen LogP contribution in [0.1, 0.15) is 31.9 Å². The van der Waals surface area contributed by atoms with Crippen LogP contribution in [-0.4, -0.2) is 35.6 Å². The number of nitrogens with zero attached hydrogens (tertiary/aromatic N) is 5. The van der Waals surface area contributed by atoms with Crippen molar-refractivity contribution in [1.82, 2.24) is 24.0 Å². The molecule has 0 unspecified atom stereocenters. The molecule has 0 fully saturated rings. The molecule has 3 heterocycles. The Labute approximate surface area is 215 Å². The molecule has 35 heavy (non-hydrogen) atoms. The maximum absolute atomic E-state index is 12.6. The SMILES string of the molecule is Cc1ccc(-c2csc3nnc(SCC(=O)Nc4nsc(-c5ccc(C(C)(C)C)cc5)n4)n23)cc1. The van der Waals surface area contributed by atoms with Gasteiger partial charge < -0.3 is 0 Å². The fraction of sp³-hybridized carbons (Fsp3) is 0.240. The number of thiazole rings is 1. The summed E-state index contributed by atoms with van der Waals surface area (Å²) >= 11 is 4.14. The molecule has 3 aromatic heterocycles. The van der Waals surface area contributed by atoms with Crippen molar-refractivity contribution in [2.45, 2.75) is 38.3 Å². The average Bonchev–Trinajstić information content (AvgIpc) is 3.55. The number of hydrogen-bond acceptors (Lipinski definition) is 8. The van der Waals surface area contributed by atoms with Gasteiger partial charge in [-0.05, 0) is 35.0 Å². The highest BCUT2D eigenvalue weighted by Gasteiger charge is 2.17. The summed E-state index contributed by atoms with van der Waals surface area (Å²) < 4.78 is 6.30. The molecule has 5 aromatic rings. The first-order valence-corrected chi connectivity index (χ1v) is 13.7. The standard InChI is InChI=1S/C25H24N6OS3/c1-15-5-7-16(8-6-15)19-13-33-23-28-29-24(31(19)23)34-14-20(32)26-22-27-21(35-30-22)17-9-11-18(12-10-17)25(2,3)4/h5-13H,14H2,1-4H3,(H,26,30,32). The van der Waals surface area contributed by atoms with Crippen LogP contribution in [0.25, 0.3) is 26.8 Å². The third kappa shape index (κ3) is 5.14. The van der Waals surface area contributed by atoms with E-state index in [1.165, 1.54) is 45.8 Å². The predicted molar refractivity (Wildman–Crippen MR) is 144 cm³/mol. The zero-order valence-corrected chi connectivity index (χ0v) is 22.2. The Hall–Kier alpha value is -3.08. The van der Waals surface area contributed by atoms with E-state index in [1.54, 1.807) is 0 Å². The third-order valence-corrected chi connectivity index (χ3v) is 7.98. The lowest BCUT2D eigenvalue weighted by atomic mass is 9.87. The van der Waals surface area contributed by atoms with Gasteiger partial charge >= 0.3 is 0 Å². The molecular formula is C25H24N6OS3. The average molecular weight is 521 g/mol. The van der Waals surface area contributed by atoms with Gasteiger partial charge in [-0.1, -0.05) is 86.6 Å². The molecule has 0 bridgehead atoms. The number of nitrogens with one attached hydrogen (secondary N) is 1. The molecule has 7 nitrogen and oxygen atoms in total. The topological polar surface area (TPSA) is 85.1 Å². The van der Waals surface area contributed by atoms with E-state index in [0.29, 0.717) is 11.1 Å². The van der Waals surface area contributed by atoms with E-state index in [1.807, 2.05) is 16.5 Å². The maximum atomic E-state index is 12.6. The van der Waals surface area contributed by atoms with E-state index in [-0.39, 0.29) is 17.1 Å². The number of rotatable bonds is 6. The van der Waals surface area contributed by atoms with Crippen molar-refractivity contribution >= 4 is 51.4 Å². The highest BCUT2D eigenvalue weighted by molar-refractivity contribution is 7.99. The van der Waals surface area contributed by atoms with Gasteiger partial charge in [0.15, 0.2) is 5.16 Å². The monoisotopic (exact) mass is 520 g/mol. The number of aryl methyl sites for hydroxylation is 1. The van der Waals surface area contributed by atoms with Crippen LogP contribution in [-0.2, 0) is 10.2 Å². The van der Waals surface area contributed by atoms with Gasteiger partial charge in [-0.25, -0.2) is 0 Å². The number of amides is 1. The lowest BCUT2D eigenvalue weighted by molar-refractivity contribution is -0.113. The van der Waals surface area contributed by atoms with Crippen LogP contribution in [0.4, 0.5) is 5.95 Å². The molecule has 0 saturated carbocycles. The van der Waals surface area contributed by atoms with Crippen molar-refractivity contribution < 1.29 is 4.79 Å². The highest BCUT2D eigenvalue weighted by Crippen LogP contribution is 2.31. The summed E-state index contributed by atoms with van der Waals surface area (Å²) in [5.41, 5.74) is 5.64. The van der Waals surface area contributed by atoms with E-state index < -0.39 is 0 Å². The lowest BCUT2D eigenvalue weighted by Crippen LogP contribution is -2.15. The molecule has 1 amide bonds. The molecule has 0 atom stereocenters. The van der Waals surface area contributed by atoms with Crippen molar-refractivity contribution in [1.29, 1.82) is 0 Å². The van der Waals surface area contributed by atoms with Gasteiger partial charge in [-0.3, -0.25) is 14.5 Å². The number of carbonyl (C=O) groups is 1. The lowest BCUT2D eigenvalue weighted by Gasteiger charge is -2.18. The molecule has 178 valence electrons. The predicted octanol–water partition coefficient (Wildman–Crippen LogP) is 6.31. The molecule has 0 aliphatic rings. The number of aromatic nitrogens is 5. The van der Waals surface area contributed by atoms with Crippen molar-refractivity contribution in [2.24, 2.45) is 0 Å². The summed E-state index contributed by atoms with van der Waals surface area (Å²) in [5, 5.41) is 14.9. The Kier molecular flexibility index (Phi) is 6.43.